The smallest absolute Gasteiger partial charge is 0.265 e. The molecule has 0 radical (unpaired) electrons. The molecule has 0 aliphatic heterocycles. The summed E-state index contributed by atoms with van der Waals surface area (Å²) in [5.41, 5.74) is 1.63. The van der Waals surface area contributed by atoms with Gasteiger partial charge < -0.3 is 15.4 Å². The maximum Gasteiger partial charge on any atom is 0.265 e. The first-order valence-corrected chi connectivity index (χ1v) is 9.09. The van der Waals surface area contributed by atoms with Crippen molar-refractivity contribution < 1.29 is 14.3 Å². The van der Waals surface area contributed by atoms with Gasteiger partial charge in [-0.3, -0.25) is 9.59 Å². The second-order valence-electron chi connectivity index (χ2n) is 6.08. The van der Waals surface area contributed by atoms with Crippen molar-refractivity contribution >= 4 is 34.8 Å². The number of carbonyl (C=O) groups is 2. The first-order valence-electron chi connectivity index (χ1n) is 8.71. The van der Waals surface area contributed by atoms with E-state index >= 15 is 0 Å². The largest absolute Gasteiger partial charge is 0.479 e. The van der Waals surface area contributed by atoms with Crippen molar-refractivity contribution in [2.24, 2.45) is 0 Å². The Kier molecular flexibility index (Phi) is 6.29. The quantitative estimate of drug-likeness (QED) is 0.618. The molecule has 142 valence electrons. The number of para-hydroxylation sites is 2. The zero-order chi connectivity index (χ0) is 19.9. The van der Waals surface area contributed by atoms with Crippen LogP contribution in [0.3, 0.4) is 0 Å². The van der Waals surface area contributed by atoms with Gasteiger partial charge in [-0.1, -0.05) is 48.0 Å². The molecule has 0 aromatic heterocycles. The summed E-state index contributed by atoms with van der Waals surface area (Å²) >= 11 is 6.05. The first kappa shape index (κ1) is 19.5. The molecular formula is C22H19ClN2O3. The molecule has 3 rings (SSSR count). The molecule has 6 heteroatoms. The van der Waals surface area contributed by atoms with Crippen LogP contribution in [0.2, 0.25) is 5.02 Å². The Morgan fingerprint density at radius 3 is 2.29 bits per heavy atom. The van der Waals surface area contributed by atoms with E-state index in [1.54, 1.807) is 67.6 Å². The van der Waals surface area contributed by atoms with E-state index in [1.165, 1.54) is 0 Å². The lowest BCUT2D eigenvalue weighted by atomic mass is 10.1. The van der Waals surface area contributed by atoms with Crippen molar-refractivity contribution in [2.45, 2.75) is 13.0 Å². The van der Waals surface area contributed by atoms with E-state index in [1.807, 2.05) is 18.2 Å². The molecule has 2 amide bonds. The molecule has 0 fully saturated rings. The molecule has 5 nitrogen and oxygen atoms in total. The van der Waals surface area contributed by atoms with E-state index in [9.17, 15) is 9.59 Å². The van der Waals surface area contributed by atoms with Crippen LogP contribution in [0.5, 0.6) is 5.75 Å². The van der Waals surface area contributed by atoms with Gasteiger partial charge in [0.2, 0.25) is 0 Å². The Hall–Kier alpha value is -3.31. The summed E-state index contributed by atoms with van der Waals surface area (Å²) in [4.78, 5) is 24.8. The van der Waals surface area contributed by atoms with Crippen LogP contribution in [-0.2, 0) is 4.79 Å². The number of rotatable bonds is 6. The van der Waals surface area contributed by atoms with Gasteiger partial charge in [-0.2, -0.15) is 0 Å². The minimum atomic E-state index is -0.762. The minimum absolute atomic E-state index is 0.261. The van der Waals surface area contributed by atoms with Gasteiger partial charge in [-0.15, -0.1) is 0 Å². The Morgan fingerprint density at radius 1 is 0.857 bits per heavy atom. The second kappa shape index (κ2) is 9.06. The molecule has 3 aromatic carbocycles. The van der Waals surface area contributed by atoms with Crippen molar-refractivity contribution in [2.75, 3.05) is 10.6 Å². The van der Waals surface area contributed by atoms with Crippen LogP contribution in [-0.4, -0.2) is 17.9 Å². The standard InChI is InChI=1S/C22H19ClN2O3/c1-15(28-20-13-6-5-12-19(20)23)21(26)25-18-11-7-8-16(14-18)22(27)24-17-9-3-2-4-10-17/h2-15H,1H3,(H,24,27)(H,25,26). The van der Waals surface area contributed by atoms with Crippen molar-refractivity contribution in [1.29, 1.82) is 0 Å². The molecule has 28 heavy (non-hydrogen) atoms. The van der Waals surface area contributed by atoms with E-state index < -0.39 is 6.10 Å². The summed E-state index contributed by atoms with van der Waals surface area (Å²) in [7, 11) is 0. The minimum Gasteiger partial charge on any atom is -0.479 e. The van der Waals surface area contributed by atoms with Gasteiger partial charge >= 0.3 is 0 Å². The van der Waals surface area contributed by atoms with Gasteiger partial charge in [0.05, 0.1) is 5.02 Å². The Labute approximate surface area is 168 Å². The summed E-state index contributed by atoms with van der Waals surface area (Å²) < 4.78 is 5.61. The predicted octanol–water partition coefficient (Wildman–Crippen LogP) is 5.00. The highest BCUT2D eigenvalue weighted by molar-refractivity contribution is 6.32. The summed E-state index contributed by atoms with van der Waals surface area (Å²) in [5.74, 6) is -0.175. The molecule has 0 aliphatic carbocycles. The number of hydrogen-bond donors (Lipinski definition) is 2. The van der Waals surface area contributed by atoms with Crippen LogP contribution >= 0.6 is 11.6 Å². The average molecular weight is 395 g/mol. The normalized spacial score (nSPS) is 11.4. The Morgan fingerprint density at radius 2 is 1.54 bits per heavy atom. The Bertz CT molecular complexity index is 976. The van der Waals surface area contributed by atoms with Crippen LogP contribution in [0.1, 0.15) is 17.3 Å². The van der Waals surface area contributed by atoms with E-state index in [0.717, 1.165) is 0 Å². The molecule has 0 saturated carbocycles. The zero-order valence-electron chi connectivity index (χ0n) is 15.2. The molecule has 0 aliphatic rings. The molecule has 1 unspecified atom stereocenters. The monoisotopic (exact) mass is 394 g/mol. The van der Waals surface area contributed by atoms with Crippen LogP contribution in [0.4, 0.5) is 11.4 Å². The van der Waals surface area contributed by atoms with Crippen molar-refractivity contribution in [3.05, 3.63) is 89.4 Å². The molecule has 0 bridgehead atoms. The van der Waals surface area contributed by atoms with Gasteiger partial charge in [0.15, 0.2) is 6.10 Å². The number of carbonyl (C=O) groups excluding carboxylic acids is 2. The van der Waals surface area contributed by atoms with Crippen molar-refractivity contribution in [3.8, 4) is 5.75 Å². The van der Waals surface area contributed by atoms with E-state index in [0.29, 0.717) is 27.7 Å². The number of anilines is 2. The number of benzene rings is 3. The number of hydrogen-bond acceptors (Lipinski definition) is 3. The van der Waals surface area contributed by atoms with Gasteiger partial charge in [0.25, 0.3) is 11.8 Å². The Balaban J connectivity index is 1.64. The third-order valence-corrected chi connectivity index (χ3v) is 4.25. The highest BCUT2D eigenvalue weighted by Crippen LogP contribution is 2.24. The van der Waals surface area contributed by atoms with Crippen LogP contribution in [0.15, 0.2) is 78.9 Å². The van der Waals surface area contributed by atoms with Crippen molar-refractivity contribution in [3.63, 3.8) is 0 Å². The highest BCUT2D eigenvalue weighted by Gasteiger charge is 2.17. The van der Waals surface area contributed by atoms with Gasteiger partial charge in [0, 0.05) is 16.9 Å². The third kappa shape index (κ3) is 5.11. The lowest BCUT2D eigenvalue weighted by Crippen LogP contribution is -2.30. The van der Waals surface area contributed by atoms with Crippen LogP contribution < -0.4 is 15.4 Å². The van der Waals surface area contributed by atoms with E-state index in [2.05, 4.69) is 10.6 Å². The summed E-state index contributed by atoms with van der Waals surface area (Å²) in [6.45, 7) is 1.63. The highest BCUT2D eigenvalue weighted by atomic mass is 35.5. The maximum absolute atomic E-state index is 12.4. The molecular weight excluding hydrogens is 376 g/mol. The van der Waals surface area contributed by atoms with Crippen molar-refractivity contribution in [1.82, 2.24) is 0 Å². The predicted molar refractivity (Wildman–Crippen MR) is 111 cm³/mol. The third-order valence-electron chi connectivity index (χ3n) is 3.93. The average Bonchev–Trinajstić information content (AvgIpc) is 2.70. The fourth-order valence-electron chi connectivity index (χ4n) is 2.49. The maximum atomic E-state index is 12.4. The SMILES string of the molecule is CC(Oc1ccccc1Cl)C(=O)Nc1cccc(C(=O)Nc2ccccc2)c1. The molecule has 0 saturated heterocycles. The fourth-order valence-corrected chi connectivity index (χ4v) is 2.67. The lowest BCUT2D eigenvalue weighted by molar-refractivity contribution is -0.122. The molecule has 3 aromatic rings. The summed E-state index contributed by atoms with van der Waals surface area (Å²) in [6, 6.07) is 22.8. The fraction of sp³-hybridized carbons (Fsp3) is 0.0909. The topological polar surface area (TPSA) is 67.4 Å². The lowest BCUT2D eigenvalue weighted by Gasteiger charge is -2.16. The van der Waals surface area contributed by atoms with Crippen LogP contribution in [0, 0.1) is 0 Å². The second-order valence-corrected chi connectivity index (χ2v) is 6.49. The van der Waals surface area contributed by atoms with E-state index in [4.69, 9.17) is 16.3 Å². The summed E-state index contributed by atoms with van der Waals surface area (Å²) in [6.07, 6.45) is -0.762. The van der Waals surface area contributed by atoms with E-state index in [-0.39, 0.29) is 11.8 Å². The van der Waals surface area contributed by atoms with Gasteiger partial charge in [0.1, 0.15) is 5.75 Å². The number of amides is 2. The number of ether oxygens (including phenoxy) is 1. The first-order chi connectivity index (χ1) is 13.5. The molecule has 0 heterocycles. The van der Waals surface area contributed by atoms with Gasteiger partial charge in [-0.05, 0) is 49.4 Å². The summed E-state index contributed by atoms with van der Waals surface area (Å²) in [5, 5.41) is 6.00. The molecule has 0 spiro atoms. The molecule has 1 atom stereocenters. The molecule has 2 N–H and O–H groups in total. The number of halogens is 1. The zero-order valence-corrected chi connectivity index (χ0v) is 15.9. The van der Waals surface area contributed by atoms with Crippen LogP contribution in [0.25, 0.3) is 0 Å². The van der Waals surface area contributed by atoms with Gasteiger partial charge in [-0.25, -0.2) is 0 Å². The number of nitrogens with one attached hydrogen (secondary N) is 2.